The average molecular weight is 334 g/mol. The third-order valence-corrected chi connectivity index (χ3v) is 5.65. The minimum absolute atomic E-state index is 0.0979. The maximum absolute atomic E-state index is 14.5. The minimum Gasteiger partial charge on any atom is -0.465 e. The van der Waals surface area contributed by atoms with Crippen LogP contribution < -0.4 is 0 Å². The molecular formula is C18H23FN2O3. The highest BCUT2D eigenvalue weighted by molar-refractivity contribution is 5.89. The number of morpholine rings is 1. The molecule has 3 aliphatic heterocycles. The number of rotatable bonds is 3. The molecule has 0 unspecified atom stereocenters. The lowest BCUT2D eigenvalue weighted by molar-refractivity contribution is -0.0587. The van der Waals surface area contributed by atoms with Crippen molar-refractivity contribution in [3.05, 3.63) is 34.6 Å². The van der Waals surface area contributed by atoms with Crippen molar-refractivity contribution < 1.29 is 18.7 Å². The van der Waals surface area contributed by atoms with Gasteiger partial charge in [-0.05, 0) is 37.6 Å². The minimum atomic E-state index is -0.489. The lowest BCUT2D eigenvalue weighted by atomic mass is 9.94. The Labute approximate surface area is 141 Å². The van der Waals surface area contributed by atoms with E-state index in [1.165, 1.54) is 13.2 Å². The van der Waals surface area contributed by atoms with Gasteiger partial charge in [-0.25, -0.2) is 9.18 Å². The molecule has 4 rings (SSSR count). The quantitative estimate of drug-likeness (QED) is 0.783. The summed E-state index contributed by atoms with van der Waals surface area (Å²) in [6, 6.07) is 3.59. The van der Waals surface area contributed by atoms with Crippen LogP contribution in [-0.2, 0) is 22.4 Å². The van der Waals surface area contributed by atoms with Gasteiger partial charge >= 0.3 is 5.97 Å². The third kappa shape index (κ3) is 2.62. The molecule has 2 bridgehead atoms. The van der Waals surface area contributed by atoms with Crippen molar-refractivity contribution >= 4 is 5.97 Å². The van der Waals surface area contributed by atoms with Crippen molar-refractivity contribution in [2.75, 3.05) is 40.4 Å². The normalized spacial score (nSPS) is 29.7. The molecule has 6 heteroatoms. The highest BCUT2D eigenvalue weighted by Crippen LogP contribution is 2.38. The molecule has 2 saturated heterocycles. The van der Waals surface area contributed by atoms with Crippen LogP contribution in [0.4, 0.5) is 4.39 Å². The van der Waals surface area contributed by atoms with Crippen LogP contribution in [0.1, 0.15) is 27.9 Å². The topological polar surface area (TPSA) is 42.0 Å². The lowest BCUT2D eigenvalue weighted by Gasteiger charge is -2.37. The van der Waals surface area contributed by atoms with Gasteiger partial charge in [0.2, 0.25) is 0 Å². The lowest BCUT2D eigenvalue weighted by Crippen LogP contribution is -2.49. The van der Waals surface area contributed by atoms with E-state index < -0.39 is 5.97 Å². The molecule has 3 heterocycles. The molecule has 0 amide bonds. The molecule has 0 saturated carbocycles. The zero-order chi connectivity index (χ0) is 16.9. The van der Waals surface area contributed by atoms with Crippen LogP contribution in [0.25, 0.3) is 0 Å². The second-order valence-corrected chi connectivity index (χ2v) is 7.32. The van der Waals surface area contributed by atoms with Crippen LogP contribution >= 0.6 is 0 Å². The number of likely N-dealkylation sites (tertiary alicyclic amines) is 1. The van der Waals surface area contributed by atoms with E-state index in [0.717, 1.165) is 44.6 Å². The number of halogens is 1. The predicted octanol–water partition coefficient (Wildman–Crippen LogP) is 1.44. The van der Waals surface area contributed by atoms with E-state index in [-0.39, 0.29) is 11.4 Å². The molecule has 3 aliphatic rings. The second-order valence-electron chi connectivity index (χ2n) is 7.32. The molecular weight excluding hydrogens is 311 g/mol. The number of likely N-dealkylation sites (N-methyl/N-ethyl adjacent to an activating group) is 1. The van der Waals surface area contributed by atoms with E-state index in [4.69, 9.17) is 9.47 Å². The predicted molar refractivity (Wildman–Crippen MR) is 86.4 cm³/mol. The molecule has 0 aromatic heterocycles. The molecule has 0 spiro atoms. The zero-order valence-electron chi connectivity index (χ0n) is 14.2. The molecule has 2 atom stereocenters. The van der Waals surface area contributed by atoms with Gasteiger partial charge in [0.25, 0.3) is 0 Å². The summed E-state index contributed by atoms with van der Waals surface area (Å²) in [5, 5.41) is 0. The number of benzene rings is 1. The van der Waals surface area contributed by atoms with Gasteiger partial charge < -0.3 is 9.47 Å². The molecule has 130 valence electrons. The molecule has 0 aliphatic carbocycles. The Kier molecular flexibility index (Phi) is 3.86. The maximum Gasteiger partial charge on any atom is 0.337 e. The van der Waals surface area contributed by atoms with E-state index >= 15 is 0 Å². The first kappa shape index (κ1) is 16.0. The molecule has 0 N–H and O–H groups in total. The first-order chi connectivity index (χ1) is 11.5. The first-order valence-corrected chi connectivity index (χ1v) is 8.46. The Balaban J connectivity index is 1.51. The largest absolute Gasteiger partial charge is 0.465 e. The number of fused-ring (bicyclic) bond motifs is 3. The standard InChI is InChI=1S/C18H23FN2O3/c1-20-10-18(7-14(20)9-24-18)11-21-4-3-12-5-13(17(22)23-2)6-16(19)15(12)8-21/h5-6,14H,3-4,7-11H2,1-2H3/t14-,18-/m0/s1. The fourth-order valence-corrected chi connectivity index (χ4v) is 4.41. The molecule has 24 heavy (non-hydrogen) atoms. The van der Waals surface area contributed by atoms with Crippen molar-refractivity contribution in [3.8, 4) is 0 Å². The van der Waals surface area contributed by atoms with Gasteiger partial charge in [-0.15, -0.1) is 0 Å². The van der Waals surface area contributed by atoms with Crippen molar-refractivity contribution in [3.63, 3.8) is 0 Å². The molecule has 2 fully saturated rings. The smallest absolute Gasteiger partial charge is 0.337 e. The summed E-state index contributed by atoms with van der Waals surface area (Å²) >= 11 is 0. The van der Waals surface area contributed by atoms with E-state index in [2.05, 4.69) is 16.8 Å². The molecule has 1 aromatic carbocycles. The Morgan fingerprint density at radius 1 is 1.50 bits per heavy atom. The fraction of sp³-hybridized carbons (Fsp3) is 0.611. The van der Waals surface area contributed by atoms with Crippen molar-refractivity contribution in [2.45, 2.75) is 31.0 Å². The van der Waals surface area contributed by atoms with Crippen molar-refractivity contribution in [2.24, 2.45) is 0 Å². The van der Waals surface area contributed by atoms with Gasteiger partial charge in [0.15, 0.2) is 0 Å². The van der Waals surface area contributed by atoms with Crippen LogP contribution in [-0.4, -0.2) is 67.8 Å². The number of ether oxygens (including phenoxy) is 2. The summed E-state index contributed by atoms with van der Waals surface area (Å²) in [6.07, 6.45) is 1.81. The van der Waals surface area contributed by atoms with E-state index in [9.17, 15) is 9.18 Å². The van der Waals surface area contributed by atoms with Gasteiger partial charge in [0.1, 0.15) is 5.82 Å². The van der Waals surface area contributed by atoms with Crippen molar-refractivity contribution in [1.29, 1.82) is 0 Å². The Hall–Kier alpha value is -1.50. The number of carbonyl (C=O) groups excluding carboxylic acids is 1. The maximum atomic E-state index is 14.5. The monoisotopic (exact) mass is 334 g/mol. The second kappa shape index (κ2) is 5.79. The summed E-state index contributed by atoms with van der Waals surface area (Å²) in [5.74, 6) is -0.804. The number of carbonyl (C=O) groups is 1. The van der Waals surface area contributed by atoms with Crippen LogP contribution in [0, 0.1) is 5.82 Å². The fourth-order valence-electron chi connectivity index (χ4n) is 4.41. The van der Waals surface area contributed by atoms with Gasteiger partial charge in [0, 0.05) is 37.8 Å². The van der Waals surface area contributed by atoms with E-state index in [1.54, 1.807) is 6.07 Å². The molecule has 0 radical (unpaired) electrons. The van der Waals surface area contributed by atoms with E-state index in [1.807, 2.05) is 0 Å². The first-order valence-electron chi connectivity index (χ1n) is 8.46. The average Bonchev–Trinajstić information content (AvgIpc) is 3.11. The van der Waals surface area contributed by atoms with Gasteiger partial charge in [-0.2, -0.15) is 0 Å². The Bertz CT molecular complexity index is 676. The highest BCUT2D eigenvalue weighted by atomic mass is 19.1. The van der Waals surface area contributed by atoms with Gasteiger partial charge in [0.05, 0.1) is 24.9 Å². The summed E-state index contributed by atoms with van der Waals surface area (Å²) < 4.78 is 25.2. The van der Waals surface area contributed by atoms with E-state index in [0.29, 0.717) is 23.7 Å². The number of methoxy groups -OCH3 is 1. The zero-order valence-corrected chi connectivity index (χ0v) is 14.2. The van der Waals surface area contributed by atoms with Gasteiger partial charge in [-0.1, -0.05) is 0 Å². The number of hydrogen-bond donors (Lipinski definition) is 0. The van der Waals surface area contributed by atoms with Crippen LogP contribution in [0.3, 0.4) is 0 Å². The van der Waals surface area contributed by atoms with Crippen LogP contribution in [0.15, 0.2) is 12.1 Å². The summed E-state index contributed by atoms with van der Waals surface area (Å²) in [5.41, 5.74) is 1.81. The van der Waals surface area contributed by atoms with Gasteiger partial charge in [-0.3, -0.25) is 9.80 Å². The van der Waals surface area contributed by atoms with Crippen molar-refractivity contribution in [1.82, 2.24) is 9.80 Å². The molecule has 5 nitrogen and oxygen atoms in total. The molecule has 1 aromatic rings. The summed E-state index contributed by atoms with van der Waals surface area (Å²) in [6.45, 7) is 4.02. The number of nitrogens with zero attached hydrogens (tertiary/aromatic N) is 2. The SMILES string of the molecule is COC(=O)c1cc(F)c2c(c1)CCN(C[C@@]13C[C@@H](CO1)N(C)C3)C2. The number of hydrogen-bond acceptors (Lipinski definition) is 5. The Morgan fingerprint density at radius 3 is 3.00 bits per heavy atom. The third-order valence-electron chi connectivity index (χ3n) is 5.65. The van der Waals surface area contributed by atoms with Crippen LogP contribution in [0.2, 0.25) is 0 Å². The Morgan fingerprint density at radius 2 is 2.33 bits per heavy atom. The summed E-state index contributed by atoms with van der Waals surface area (Å²) in [4.78, 5) is 16.3. The highest BCUT2D eigenvalue weighted by Gasteiger charge is 2.50. The number of esters is 1. The van der Waals surface area contributed by atoms with Crippen LogP contribution in [0.5, 0.6) is 0 Å². The summed E-state index contributed by atoms with van der Waals surface area (Å²) in [7, 11) is 3.46.